The van der Waals surface area contributed by atoms with E-state index in [4.69, 9.17) is 10.5 Å². The highest BCUT2D eigenvalue weighted by Crippen LogP contribution is 2.38. The highest BCUT2D eigenvalue weighted by Gasteiger charge is 2.27. The summed E-state index contributed by atoms with van der Waals surface area (Å²) in [6.07, 6.45) is 1.96. The topological polar surface area (TPSA) is 81.6 Å². The molecule has 0 spiro atoms. The number of hydrogen-bond donors (Lipinski definition) is 1. The molecule has 2 rings (SSSR count). The van der Waals surface area contributed by atoms with Crippen molar-refractivity contribution in [3.63, 3.8) is 0 Å². The Balaban J connectivity index is 2.27. The number of rotatable bonds is 5. The van der Waals surface area contributed by atoms with E-state index in [0.29, 0.717) is 30.5 Å². The van der Waals surface area contributed by atoms with Gasteiger partial charge >= 0.3 is 5.69 Å². The molecular weight excluding hydrogens is 258 g/mol. The molecule has 6 heteroatoms. The molecule has 0 amide bonds. The summed E-state index contributed by atoms with van der Waals surface area (Å²) in [5.74, 6) is 0.872. The zero-order valence-electron chi connectivity index (χ0n) is 11.7. The Morgan fingerprint density at radius 3 is 2.70 bits per heavy atom. The van der Waals surface area contributed by atoms with E-state index < -0.39 is 0 Å². The third kappa shape index (κ3) is 3.01. The highest BCUT2D eigenvalue weighted by atomic mass is 16.6. The molecule has 1 fully saturated rings. The fourth-order valence-corrected chi connectivity index (χ4v) is 2.63. The molecule has 0 saturated carbocycles. The van der Waals surface area contributed by atoms with Crippen LogP contribution in [0.25, 0.3) is 0 Å². The normalized spacial score (nSPS) is 16.2. The Bertz CT molecular complexity index is 471. The van der Waals surface area contributed by atoms with Gasteiger partial charge in [-0.25, -0.2) is 0 Å². The first kappa shape index (κ1) is 14.6. The number of ether oxygens (including phenoxy) is 1. The Labute approximate surface area is 118 Å². The molecule has 1 aromatic carbocycles. The van der Waals surface area contributed by atoms with E-state index in [2.05, 4.69) is 4.90 Å². The van der Waals surface area contributed by atoms with Crippen LogP contribution in [-0.2, 0) is 0 Å². The molecule has 0 aromatic heterocycles. The van der Waals surface area contributed by atoms with Crippen molar-refractivity contribution in [2.75, 3.05) is 31.1 Å². The fraction of sp³-hybridized carbons (Fsp3) is 0.571. The fourth-order valence-electron chi connectivity index (χ4n) is 2.63. The first-order chi connectivity index (χ1) is 9.67. The van der Waals surface area contributed by atoms with E-state index in [9.17, 15) is 10.1 Å². The Morgan fingerprint density at radius 2 is 2.15 bits per heavy atom. The van der Waals surface area contributed by atoms with Crippen LogP contribution in [0.5, 0.6) is 5.75 Å². The van der Waals surface area contributed by atoms with Crippen LogP contribution in [0.2, 0.25) is 0 Å². The molecule has 20 heavy (non-hydrogen) atoms. The van der Waals surface area contributed by atoms with Gasteiger partial charge in [-0.2, -0.15) is 0 Å². The van der Waals surface area contributed by atoms with Crippen LogP contribution in [0.4, 0.5) is 11.4 Å². The van der Waals surface area contributed by atoms with Crippen molar-refractivity contribution in [2.24, 2.45) is 11.7 Å². The third-order valence-electron chi connectivity index (χ3n) is 3.75. The average molecular weight is 279 g/mol. The van der Waals surface area contributed by atoms with E-state index in [1.807, 2.05) is 13.0 Å². The van der Waals surface area contributed by atoms with Gasteiger partial charge in [-0.15, -0.1) is 0 Å². The smallest absolute Gasteiger partial charge is 0.333 e. The van der Waals surface area contributed by atoms with Crippen LogP contribution in [0, 0.1) is 16.0 Å². The minimum atomic E-state index is -0.352. The minimum Gasteiger partial charge on any atom is -0.487 e. The van der Waals surface area contributed by atoms with Gasteiger partial charge in [0, 0.05) is 13.1 Å². The summed E-state index contributed by atoms with van der Waals surface area (Å²) in [4.78, 5) is 13.1. The second-order valence-corrected chi connectivity index (χ2v) is 4.98. The Kier molecular flexibility index (Phi) is 4.79. The summed E-state index contributed by atoms with van der Waals surface area (Å²) < 4.78 is 5.38. The lowest BCUT2D eigenvalue weighted by Crippen LogP contribution is -2.36. The summed E-state index contributed by atoms with van der Waals surface area (Å²) in [6, 6.07) is 5.25. The summed E-state index contributed by atoms with van der Waals surface area (Å²) in [5.41, 5.74) is 6.40. The number of nitrogens with zero attached hydrogens (tertiary/aromatic N) is 2. The van der Waals surface area contributed by atoms with Crippen LogP contribution in [0.1, 0.15) is 19.8 Å². The highest BCUT2D eigenvalue weighted by molar-refractivity contribution is 5.70. The molecule has 6 nitrogen and oxygen atoms in total. The monoisotopic (exact) mass is 279 g/mol. The van der Waals surface area contributed by atoms with E-state index in [1.165, 1.54) is 0 Å². The van der Waals surface area contributed by atoms with Gasteiger partial charge in [0.15, 0.2) is 5.75 Å². The maximum absolute atomic E-state index is 11.4. The Morgan fingerprint density at radius 1 is 1.45 bits per heavy atom. The standard InChI is InChI=1S/C14H21N3O3/c1-2-20-13-5-3-4-12(14(13)17(18)19)16-8-6-11(10-15)7-9-16/h3-5,11H,2,6-10,15H2,1H3. The first-order valence-corrected chi connectivity index (χ1v) is 7.02. The van der Waals surface area contributed by atoms with Crippen molar-refractivity contribution in [1.82, 2.24) is 0 Å². The first-order valence-electron chi connectivity index (χ1n) is 7.02. The van der Waals surface area contributed by atoms with Crippen LogP contribution >= 0.6 is 0 Å². The van der Waals surface area contributed by atoms with Crippen LogP contribution < -0.4 is 15.4 Å². The van der Waals surface area contributed by atoms with Crippen molar-refractivity contribution in [3.8, 4) is 5.75 Å². The molecule has 110 valence electrons. The molecule has 2 N–H and O–H groups in total. The molecule has 0 atom stereocenters. The second-order valence-electron chi connectivity index (χ2n) is 4.98. The molecule has 1 aliphatic rings. The van der Waals surface area contributed by atoms with Crippen LogP contribution in [0.15, 0.2) is 18.2 Å². The van der Waals surface area contributed by atoms with Gasteiger partial charge in [0.05, 0.1) is 11.5 Å². The van der Waals surface area contributed by atoms with Crippen molar-refractivity contribution < 1.29 is 9.66 Å². The number of hydrogen-bond acceptors (Lipinski definition) is 5. The number of nitro benzene ring substituents is 1. The van der Waals surface area contributed by atoms with Gasteiger partial charge in [0.1, 0.15) is 5.69 Å². The minimum absolute atomic E-state index is 0.0700. The summed E-state index contributed by atoms with van der Waals surface area (Å²) in [7, 11) is 0. The number of piperidine rings is 1. The van der Waals surface area contributed by atoms with Crippen molar-refractivity contribution in [2.45, 2.75) is 19.8 Å². The maximum atomic E-state index is 11.4. The number of nitrogens with two attached hydrogens (primary N) is 1. The van der Waals surface area contributed by atoms with Crippen molar-refractivity contribution in [1.29, 1.82) is 0 Å². The average Bonchev–Trinajstić information content (AvgIpc) is 2.47. The lowest BCUT2D eigenvalue weighted by molar-refractivity contribution is -0.385. The number of benzene rings is 1. The van der Waals surface area contributed by atoms with Gasteiger partial charge in [-0.3, -0.25) is 10.1 Å². The molecule has 0 aliphatic carbocycles. The molecule has 1 aromatic rings. The lowest BCUT2D eigenvalue weighted by atomic mass is 9.96. The molecule has 1 heterocycles. The van der Waals surface area contributed by atoms with Gasteiger partial charge < -0.3 is 15.4 Å². The van der Waals surface area contributed by atoms with Gasteiger partial charge in [-0.05, 0) is 44.4 Å². The molecule has 0 unspecified atom stereocenters. The molecule has 1 saturated heterocycles. The number of anilines is 1. The van der Waals surface area contributed by atoms with Crippen molar-refractivity contribution >= 4 is 11.4 Å². The summed E-state index contributed by atoms with van der Waals surface area (Å²) in [6.45, 7) is 4.54. The third-order valence-corrected chi connectivity index (χ3v) is 3.75. The largest absolute Gasteiger partial charge is 0.487 e. The van der Waals surface area contributed by atoms with E-state index in [0.717, 1.165) is 25.9 Å². The molecular formula is C14H21N3O3. The van der Waals surface area contributed by atoms with E-state index >= 15 is 0 Å². The lowest BCUT2D eigenvalue weighted by Gasteiger charge is -2.32. The van der Waals surface area contributed by atoms with E-state index in [1.54, 1.807) is 12.1 Å². The SMILES string of the molecule is CCOc1cccc(N2CCC(CN)CC2)c1[N+](=O)[O-]. The maximum Gasteiger partial charge on any atom is 0.333 e. The van der Waals surface area contributed by atoms with Crippen LogP contribution in [-0.4, -0.2) is 31.2 Å². The Hall–Kier alpha value is -1.82. The molecule has 0 bridgehead atoms. The second kappa shape index (κ2) is 6.56. The van der Waals surface area contributed by atoms with Gasteiger partial charge in [0.2, 0.25) is 0 Å². The van der Waals surface area contributed by atoms with Crippen LogP contribution in [0.3, 0.4) is 0 Å². The number of para-hydroxylation sites is 1. The summed E-state index contributed by atoms with van der Waals surface area (Å²) in [5, 5.41) is 11.4. The zero-order chi connectivity index (χ0) is 14.5. The summed E-state index contributed by atoms with van der Waals surface area (Å²) >= 11 is 0. The molecule has 0 radical (unpaired) electrons. The van der Waals surface area contributed by atoms with Gasteiger partial charge in [-0.1, -0.05) is 6.07 Å². The zero-order valence-corrected chi connectivity index (χ0v) is 11.7. The van der Waals surface area contributed by atoms with E-state index in [-0.39, 0.29) is 10.6 Å². The predicted molar refractivity (Wildman–Crippen MR) is 78.3 cm³/mol. The quantitative estimate of drug-likeness (QED) is 0.660. The molecule has 1 aliphatic heterocycles. The number of nitro groups is 1. The predicted octanol–water partition coefficient (Wildman–Crippen LogP) is 2.17. The van der Waals surface area contributed by atoms with Gasteiger partial charge in [0.25, 0.3) is 0 Å². The van der Waals surface area contributed by atoms with Crippen molar-refractivity contribution in [3.05, 3.63) is 28.3 Å².